The van der Waals surface area contributed by atoms with Crippen LogP contribution in [-0.2, 0) is 12.8 Å². The Hall–Kier alpha value is -1.58. The summed E-state index contributed by atoms with van der Waals surface area (Å²) in [5.74, 6) is -0.136. The van der Waals surface area contributed by atoms with Crippen LogP contribution in [0.4, 0.5) is 0 Å². The van der Waals surface area contributed by atoms with Crippen LogP contribution in [0, 0.1) is 0 Å². The van der Waals surface area contributed by atoms with E-state index >= 15 is 0 Å². The summed E-state index contributed by atoms with van der Waals surface area (Å²) >= 11 is 11.7. The Morgan fingerprint density at radius 1 is 1.19 bits per heavy atom. The molecule has 0 aliphatic carbocycles. The van der Waals surface area contributed by atoms with Crippen molar-refractivity contribution in [3.63, 3.8) is 0 Å². The predicted molar refractivity (Wildman–Crippen MR) is 86.1 cm³/mol. The first kappa shape index (κ1) is 15.8. The molecular formula is C16H16Cl2N2O. The van der Waals surface area contributed by atoms with E-state index in [1.165, 1.54) is 0 Å². The van der Waals surface area contributed by atoms with Crippen molar-refractivity contribution in [2.45, 2.75) is 19.8 Å². The molecular weight excluding hydrogens is 307 g/mol. The van der Waals surface area contributed by atoms with Gasteiger partial charge in [0, 0.05) is 22.8 Å². The number of nitrogens with one attached hydrogen (secondary N) is 1. The molecule has 1 aromatic heterocycles. The second-order valence-corrected chi connectivity index (χ2v) is 5.48. The molecule has 0 fully saturated rings. The van der Waals surface area contributed by atoms with Gasteiger partial charge in [-0.15, -0.1) is 0 Å². The summed E-state index contributed by atoms with van der Waals surface area (Å²) in [5.41, 5.74) is 2.48. The molecule has 1 amide bonds. The summed E-state index contributed by atoms with van der Waals surface area (Å²) in [6, 6.07) is 10.9. The second kappa shape index (κ2) is 7.43. The number of hydrogen-bond acceptors (Lipinski definition) is 2. The summed E-state index contributed by atoms with van der Waals surface area (Å²) < 4.78 is 0. The van der Waals surface area contributed by atoms with Gasteiger partial charge in [0.2, 0.25) is 0 Å². The lowest BCUT2D eigenvalue weighted by Crippen LogP contribution is -2.25. The Balaban J connectivity index is 1.92. The van der Waals surface area contributed by atoms with E-state index in [2.05, 4.69) is 10.3 Å². The average molecular weight is 323 g/mol. The van der Waals surface area contributed by atoms with E-state index in [1.807, 2.05) is 31.2 Å². The lowest BCUT2D eigenvalue weighted by molar-refractivity contribution is 0.0954. The highest BCUT2D eigenvalue weighted by atomic mass is 35.5. The topological polar surface area (TPSA) is 42.0 Å². The minimum Gasteiger partial charge on any atom is -0.352 e. The van der Waals surface area contributed by atoms with E-state index in [9.17, 15) is 4.79 Å². The summed E-state index contributed by atoms with van der Waals surface area (Å²) in [6.07, 6.45) is 1.49. The number of pyridine rings is 1. The molecule has 1 heterocycles. The van der Waals surface area contributed by atoms with E-state index in [0.29, 0.717) is 22.3 Å². The highest BCUT2D eigenvalue weighted by Crippen LogP contribution is 2.12. The van der Waals surface area contributed by atoms with Gasteiger partial charge < -0.3 is 5.32 Å². The molecule has 3 nitrogen and oxygen atoms in total. The summed E-state index contributed by atoms with van der Waals surface area (Å²) in [5, 5.41) is 3.94. The highest BCUT2D eigenvalue weighted by Gasteiger charge is 2.08. The lowest BCUT2D eigenvalue weighted by atomic mass is 10.1. The number of hydrogen-bond donors (Lipinski definition) is 1. The number of carbonyl (C=O) groups is 1. The fourth-order valence-electron chi connectivity index (χ4n) is 1.94. The van der Waals surface area contributed by atoms with Gasteiger partial charge in [-0.3, -0.25) is 4.79 Å². The molecule has 0 bridgehead atoms. The number of halogens is 2. The first-order valence-electron chi connectivity index (χ1n) is 6.77. The molecule has 0 radical (unpaired) electrons. The number of aryl methyl sites for hydroxylation is 1. The van der Waals surface area contributed by atoms with Crippen LogP contribution in [0.5, 0.6) is 0 Å². The highest BCUT2D eigenvalue weighted by molar-refractivity contribution is 6.30. The van der Waals surface area contributed by atoms with Gasteiger partial charge in [0.15, 0.2) is 0 Å². The molecule has 0 saturated carbocycles. The average Bonchev–Trinajstić information content (AvgIpc) is 2.48. The Morgan fingerprint density at radius 3 is 2.57 bits per heavy atom. The van der Waals surface area contributed by atoms with Gasteiger partial charge in [-0.05, 0) is 42.7 Å². The fourth-order valence-corrected chi connectivity index (χ4v) is 2.29. The van der Waals surface area contributed by atoms with Crippen molar-refractivity contribution in [3.05, 3.63) is 63.4 Å². The van der Waals surface area contributed by atoms with Crippen LogP contribution in [0.25, 0.3) is 0 Å². The first-order chi connectivity index (χ1) is 10.1. The quantitative estimate of drug-likeness (QED) is 0.847. The number of nitrogens with zero attached hydrogens (tertiary/aromatic N) is 1. The summed E-state index contributed by atoms with van der Waals surface area (Å²) in [7, 11) is 0. The van der Waals surface area contributed by atoms with Crippen LogP contribution in [-0.4, -0.2) is 17.4 Å². The SMILES string of the molecule is CCc1cc(C(=O)NCCc2ccc(Cl)cc2)cc(Cl)n1. The number of aromatic nitrogens is 1. The third-order valence-electron chi connectivity index (χ3n) is 3.08. The zero-order valence-corrected chi connectivity index (χ0v) is 13.2. The molecule has 2 rings (SSSR count). The van der Waals surface area contributed by atoms with Crippen molar-refractivity contribution in [1.82, 2.24) is 10.3 Å². The normalized spacial score (nSPS) is 10.4. The third-order valence-corrected chi connectivity index (χ3v) is 3.53. The van der Waals surface area contributed by atoms with Gasteiger partial charge in [-0.25, -0.2) is 4.98 Å². The zero-order valence-electron chi connectivity index (χ0n) is 11.7. The second-order valence-electron chi connectivity index (χ2n) is 4.66. The Morgan fingerprint density at radius 2 is 1.90 bits per heavy atom. The van der Waals surface area contributed by atoms with Crippen LogP contribution in [0.1, 0.15) is 28.5 Å². The Kier molecular flexibility index (Phi) is 5.59. The molecule has 0 unspecified atom stereocenters. The van der Waals surface area contributed by atoms with Crippen molar-refractivity contribution in [2.75, 3.05) is 6.54 Å². The summed E-state index contributed by atoms with van der Waals surface area (Å²) in [4.78, 5) is 16.2. The van der Waals surface area contributed by atoms with Crippen molar-refractivity contribution in [3.8, 4) is 0 Å². The van der Waals surface area contributed by atoms with Crippen molar-refractivity contribution in [2.24, 2.45) is 0 Å². The molecule has 0 aliphatic rings. The molecule has 5 heteroatoms. The lowest BCUT2D eigenvalue weighted by Gasteiger charge is -2.07. The molecule has 0 aliphatic heterocycles. The van der Waals surface area contributed by atoms with Gasteiger partial charge in [-0.1, -0.05) is 42.3 Å². The van der Waals surface area contributed by atoms with Crippen LogP contribution >= 0.6 is 23.2 Å². The van der Waals surface area contributed by atoms with Gasteiger partial charge >= 0.3 is 0 Å². The number of benzene rings is 1. The number of rotatable bonds is 5. The van der Waals surface area contributed by atoms with E-state index < -0.39 is 0 Å². The Bertz CT molecular complexity index is 627. The minimum absolute atomic E-state index is 0.136. The smallest absolute Gasteiger partial charge is 0.251 e. The number of amides is 1. The molecule has 0 spiro atoms. The predicted octanol–water partition coefficient (Wildman–Crippen LogP) is 3.92. The van der Waals surface area contributed by atoms with Crippen LogP contribution in [0.3, 0.4) is 0 Å². The van der Waals surface area contributed by atoms with Gasteiger partial charge in [0.1, 0.15) is 5.15 Å². The standard InChI is InChI=1S/C16H16Cl2N2O/c1-2-14-9-12(10-15(18)20-14)16(21)19-8-7-11-3-5-13(17)6-4-11/h3-6,9-10H,2,7-8H2,1H3,(H,19,21). The monoisotopic (exact) mass is 322 g/mol. The molecule has 1 N–H and O–H groups in total. The molecule has 2 aromatic rings. The molecule has 1 aromatic carbocycles. The fraction of sp³-hybridized carbons (Fsp3) is 0.250. The van der Waals surface area contributed by atoms with Crippen molar-refractivity contribution in [1.29, 1.82) is 0 Å². The van der Waals surface area contributed by atoms with Crippen molar-refractivity contribution >= 4 is 29.1 Å². The third kappa shape index (κ3) is 4.73. The molecule has 110 valence electrons. The minimum atomic E-state index is -0.136. The van der Waals surface area contributed by atoms with Gasteiger partial charge in [-0.2, -0.15) is 0 Å². The van der Waals surface area contributed by atoms with E-state index in [0.717, 1.165) is 24.1 Å². The van der Waals surface area contributed by atoms with E-state index in [1.54, 1.807) is 12.1 Å². The van der Waals surface area contributed by atoms with Crippen molar-refractivity contribution < 1.29 is 4.79 Å². The number of carbonyl (C=O) groups excluding carboxylic acids is 1. The van der Waals surface area contributed by atoms with Crippen LogP contribution in [0.2, 0.25) is 10.2 Å². The maximum absolute atomic E-state index is 12.1. The van der Waals surface area contributed by atoms with Gasteiger partial charge in [0.05, 0.1) is 0 Å². The van der Waals surface area contributed by atoms with Crippen LogP contribution < -0.4 is 5.32 Å². The maximum atomic E-state index is 12.1. The van der Waals surface area contributed by atoms with Crippen LogP contribution in [0.15, 0.2) is 36.4 Å². The molecule has 21 heavy (non-hydrogen) atoms. The molecule has 0 atom stereocenters. The molecule has 0 saturated heterocycles. The Labute approximate surface area is 134 Å². The van der Waals surface area contributed by atoms with Gasteiger partial charge in [0.25, 0.3) is 5.91 Å². The van der Waals surface area contributed by atoms with E-state index in [4.69, 9.17) is 23.2 Å². The summed E-state index contributed by atoms with van der Waals surface area (Å²) in [6.45, 7) is 2.53. The maximum Gasteiger partial charge on any atom is 0.251 e. The largest absolute Gasteiger partial charge is 0.352 e. The zero-order chi connectivity index (χ0) is 15.2. The van der Waals surface area contributed by atoms with E-state index in [-0.39, 0.29) is 5.91 Å². The first-order valence-corrected chi connectivity index (χ1v) is 7.53.